The van der Waals surface area contributed by atoms with Crippen LogP contribution in [0.5, 0.6) is 0 Å². The molecule has 0 aromatic carbocycles. The summed E-state index contributed by atoms with van der Waals surface area (Å²) >= 11 is 0. The van der Waals surface area contributed by atoms with Crippen LogP contribution in [0.25, 0.3) is 0 Å². The van der Waals surface area contributed by atoms with E-state index >= 15 is 0 Å². The van der Waals surface area contributed by atoms with Gasteiger partial charge in [0.2, 0.25) is 5.76 Å². The van der Waals surface area contributed by atoms with Crippen molar-refractivity contribution < 1.29 is 14.4 Å². The molecule has 1 rings (SSSR count). The van der Waals surface area contributed by atoms with Crippen LogP contribution >= 0.6 is 0 Å². The maximum Gasteiger partial charge on any atom is 0.374 e. The van der Waals surface area contributed by atoms with E-state index in [-0.39, 0.29) is 5.76 Å². The van der Waals surface area contributed by atoms with E-state index in [1.165, 1.54) is 0 Å². The van der Waals surface area contributed by atoms with Gasteiger partial charge in [-0.2, -0.15) is 0 Å². The average Bonchev–Trinajstić information content (AvgIpc) is 2.12. The van der Waals surface area contributed by atoms with Crippen molar-refractivity contribution >= 4 is 5.97 Å². The Labute approximate surface area is 44.7 Å². The molecule has 0 spiro atoms. The van der Waals surface area contributed by atoms with Crippen molar-refractivity contribution in [1.82, 2.24) is 5.16 Å². The lowest BCUT2D eigenvalue weighted by Crippen LogP contribution is -1.91. The Morgan fingerprint density at radius 2 is 2.75 bits per heavy atom. The Hall–Kier alpha value is -1.32. The molecule has 0 bridgehead atoms. The standard InChI is InChI=1S/C4H2NO3/c6-4(7)3-1-2-5-8-3/h1H,(H,6,7). The molecule has 0 amide bonds. The van der Waals surface area contributed by atoms with Crippen LogP contribution in [0.3, 0.4) is 0 Å². The van der Waals surface area contributed by atoms with Crippen molar-refractivity contribution in [2.45, 2.75) is 0 Å². The third kappa shape index (κ3) is 0.676. The lowest BCUT2D eigenvalue weighted by atomic mass is 10.5. The van der Waals surface area contributed by atoms with Crippen molar-refractivity contribution in [2.75, 3.05) is 0 Å². The first-order chi connectivity index (χ1) is 3.80. The molecule has 0 aliphatic carbocycles. The molecule has 0 aliphatic rings. The zero-order chi connectivity index (χ0) is 5.98. The highest BCUT2D eigenvalue weighted by molar-refractivity contribution is 5.83. The lowest BCUT2D eigenvalue weighted by molar-refractivity contribution is 0.0652. The van der Waals surface area contributed by atoms with Gasteiger partial charge >= 0.3 is 5.97 Å². The number of nitrogens with zero attached hydrogens (tertiary/aromatic N) is 1. The molecule has 0 aliphatic heterocycles. The van der Waals surface area contributed by atoms with Crippen molar-refractivity contribution in [3.63, 3.8) is 0 Å². The summed E-state index contributed by atoms with van der Waals surface area (Å²) in [5.41, 5.74) is 0. The molecule has 41 valence electrons. The van der Waals surface area contributed by atoms with Crippen LogP contribution < -0.4 is 0 Å². The first-order valence-electron chi connectivity index (χ1n) is 1.87. The average molecular weight is 112 g/mol. The minimum absolute atomic E-state index is 0.190. The molecule has 1 heterocycles. The second kappa shape index (κ2) is 1.65. The molecular weight excluding hydrogens is 110 g/mol. The highest BCUT2D eigenvalue weighted by Gasteiger charge is 2.04. The Kier molecular flexibility index (Phi) is 0.997. The fourth-order valence-corrected chi connectivity index (χ4v) is 0.288. The first kappa shape index (κ1) is 4.83. The summed E-state index contributed by atoms with van der Waals surface area (Å²) in [6, 6.07) is 1.16. The van der Waals surface area contributed by atoms with Crippen LogP contribution in [0.15, 0.2) is 10.6 Å². The van der Waals surface area contributed by atoms with Gasteiger partial charge in [0.15, 0.2) is 0 Å². The Morgan fingerprint density at radius 1 is 2.00 bits per heavy atom. The zero-order valence-corrected chi connectivity index (χ0v) is 3.79. The monoisotopic (exact) mass is 112 g/mol. The minimum Gasteiger partial charge on any atom is -0.475 e. The smallest absolute Gasteiger partial charge is 0.374 e. The molecule has 0 fully saturated rings. The van der Waals surface area contributed by atoms with Gasteiger partial charge in [0.05, 0.1) is 0 Å². The number of aromatic carboxylic acids is 1. The molecule has 8 heavy (non-hydrogen) atoms. The molecule has 1 N–H and O–H groups in total. The quantitative estimate of drug-likeness (QED) is 0.562. The number of hydrogen-bond acceptors (Lipinski definition) is 3. The van der Waals surface area contributed by atoms with Crippen molar-refractivity contribution in [3.05, 3.63) is 18.0 Å². The van der Waals surface area contributed by atoms with Crippen molar-refractivity contribution in [1.29, 1.82) is 0 Å². The Balaban J connectivity index is 2.93. The van der Waals surface area contributed by atoms with E-state index in [9.17, 15) is 4.79 Å². The zero-order valence-electron chi connectivity index (χ0n) is 3.79. The maximum absolute atomic E-state index is 9.91. The molecule has 0 saturated carbocycles. The molecule has 1 aromatic rings. The molecule has 0 unspecified atom stereocenters. The summed E-state index contributed by atoms with van der Waals surface area (Å²) in [6.45, 7) is 0. The van der Waals surface area contributed by atoms with E-state index in [1.807, 2.05) is 0 Å². The number of carboxylic acids is 1. The summed E-state index contributed by atoms with van der Waals surface area (Å²) in [4.78, 5) is 9.91. The van der Waals surface area contributed by atoms with Crippen LogP contribution in [-0.4, -0.2) is 16.2 Å². The molecule has 0 saturated heterocycles. The van der Waals surface area contributed by atoms with E-state index in [1.54, 1.807) is 0 Å². The summed E-state index contributed by atoms with van der Waals surface area (Å²) in [5.74, 6) is -1.32. The van der Waals surface area contributed by atoms with Gasteiger partial charge in [0.1, 0.15) is 6.20 Å². The third-order valence-corrected chi connectivity index (χ3v) is 0.603. The van der Waals surface area contributed by atoms with Gasteiger partial charge in [-0.15, -0.1) is 0 Å². The van der Waals surface area contributed by atoms with Crippen LogP contribution in [0.2, 0.25) is 0 Å². The summed E-state index contributed by atoms with van der Waals surface area (Å²) in [6.07, 6.45) is 2.21. The summed E-state index contributed by atoms with van der Waals surface area (Å²) in [7, 11) is 0. The van der Waals surface area contributed by atoms with Crippen LogP contribution in [0.1, 0.15) is 10.6 Å². The van der Waals surface area contributed by atoms with Gasteiger partial charge < -0.3 is 9.63 Å². The minimum atomic E-state index is -1.13. The van der Waals surface area contributed by atoms with E-state index in [4.69, 9.17) is 5.11 Å². The molecular formula is C4H2NO3. The molecule has 4 nitrogen and oxygen atoms in total. The number of carbonyl (C=O) groups is 1. The third-order valence-electron chi connectivity index (χ3n) is 0.603. The van der Waals surface area contributed by atoms with Gasteiger partial charge in [-0.3, -0.25) is 0 Å². The normalized spacial score (nSPS) is 9.00. The van der Waals surface area contributed by atoms with E-state index in [0.717, 1.165) is 6.07 Å². The van der Waals surface area contributed by atoms with Gasteiger partial charge in [-0.1, -0.05) is 5.16 Å². The van der Waals surface area contributed by atoms with Crippen LogP contribution in [0, 0.1) is 6.20 Å². The molecule has 1 aromatic heterocycles. The first-order valence-corrected chi connectivity index (χ1v) is 1.87. The topological polar surface area (TPSA) is 63.3 Å². The van der Waals surface area contributed by atoms with Gasteiger partial charge in [-0.25, -0.2) is 4.79 Å². The number of hydrogen-bond donors (Lipinski definition) is 1. The van der Waals surface area contributed by atoms with Crippen LogP contribution in [0.4, 0.5) is 0 Å². The summed E-state index contributed by atoms with van der Waals surface area (Å²) in [5, 5.41) is 11.2. The largest absolute Gasteiger partial charge is 0.475 e. The number of rotatable bonds is 1. The molecule has 0 atom stereocenters. The van der Waals surface area contributed by atoms with Gasteiger partial charge in [0.25, 0.3) is 0 Å². The summed E-state index contributed by atoms with van der Waals surface area (Å²) < 4.78 is 4.19. The van der Waals surface area contributed by atoms with Gasteiger partial charge in [-0.05, 0) is 0 Å². The molecule has 4 heteroatoms. The van der Waals surface area contributed by atoms with Gasteiger partial charge in [0, 0.05) is 6.07 Å². The lowest BCUT2D eigenvalue weighted by Gasteiger charge is -1.76. The second-order valence-electron chi connectivity index (χ2n) is 1.13. The van der Waals surface area contributed by atoms with E-state index in [0.29, 0.717) is 0 Å². The number of carboxylic acid groups (broad SMARTS) is 1. The Bertz CT molecular complexity index is 179. The van der Waals surface area contributed by atoms with Crippen LogP contribution in [-0.2, 0) is 0 Å². The number of aromatic nitrogens is 1. The Morgan fingerprint density at radius 3 is 3.00 bits per heavy atom. The predicted molar refractivity (Wildman–Crippen MR) is 22.3 cm³/mol. The SMILES string of the molecule is O=C(O)c1c[c]no1. The fraction of sp³-hybridized carbons (Fsp3) is 0. The highest BCUT2D eigenvalue weighted by atomic mass is 16.5. The van der Waals surface area contributed by atoms with E-state index < -0.39 is 5.97 Å². The fourth-order valence-electron chi connectivity index (χ4n) is 0.288. The van der Waals surface area contributed by atoms with Crippen molar-refractivity contribution in [2.24, 2.45) is 0 Å². The van der Waals surface area contributed by atoms with E-state index in [2.05, 4.69) is 15.9 Å². The second-order valence-corrected chi connectivity index (χ2v) is 1.13. The predicted octanol–water partition coefficient (Wildman–Crippen LogP) is 0.173. The maximum atomic E-state index is 9.91. The molecule has 1 radical (unpaired) electrons. The highest BCUT2D eigenvalue weighted by Crippen LogP contribution is 1.92. The van der Waals surface area contributed by atoms with Crippen molar-refractivity contribution in [3.8, 4) is 0 Å².